The smallest absolute Gasteiger partial charge is 0.183 e. The molecule has 0 amide bonds. The van der Waals surface area contributed by atoms with E-state index >= 15 is 0 Å². The van der Waals surface area contributed by atoms with Gasteiger partial charge in [0, 0.05) is 24.3 Å². The van der Waals surface area contributed by atoms with Crippen molar-refractivity contribution in [2.45, 2.75) is 27.1 Å². The number of hydrogen-bond acceptors (Lipinski definition) is 4. The molecule has 0 heterocycles. The van der Waals surface area contributed by atoms with Gasteiger partial charge in [-0.05, 0) is 45.0 Å². The fraction of sp³-hybridized carbons (Fsp3) is 0.316. The molecule has 4 heteroatoms. The zero-order valence-electron chi connectivity index (χ0n) is 13.7. The number of ether oxygens (including phenoxy) is 3. The molecule has 2 rings (SSSR count). The molecule has 2 aromatic rings. The summed E-state index contributed by atoms with van der Waals surface area (Å²) in [7, 11) is 0. The molecular formula is C19H22O4. The third kappa shape index (κ3) is 4.91. The molecule has 4 nitrogen and oxygen atoms in total. The van der Waals surface area contributed by atoms with Gasteiger partial charge in [0.15, 0.2) is 12.1 Å². The second-order valence-corrected chi connectivity index (χ2v) is 5.00. The highest BCUT2D eigenvalue weighted by Crippen LogP contribution is 2.26. The van der Waals surface area contributed by atoms with Gasteiger partial charge in [0.05, 0.1) is 0 Å². The summed E-state index contributed by atoms with van der Waals surface area (Å²) in [6.45, 7) is 6.58. The molecule has 0 aliphatic rings. The van der Waals surface area contributed by atoms with Crippen molar-refractivity contribution in [2.24, 2.45) is 0 Å². The van der Waals surface area contributed by atoms with Gasteiger partial charge in [0.25, 0.3) is 0 Å². The van der Waals surface area contributed by atoms with Crippen LogP contribution in [0, 0.1) is 0 Å². The molecule has 0 aromatic heterocycles. The molecule has 0 bridgehead atoms. The fourth-order valence-electron chi connectivity index (χ4n) is 2.15. The van der Waals surface area contributed by atoms with E-state index in [0.717, 1.165) is 5.56 Å². The molecule has 0 aliphatic heterocycles. The Hall–Kier alpha value is -2.17. The lowest BCUT2D eigenvalue weighted by Gasteiger charge is -2.17. The van der Waals surface area contributed by atoms with Crippen molar-refractivity contribution >= 4 is 5.78 Å². The normalized spacial score (nSPS) is 10.8. The van der Waals surface area contributed by atoms with Gasteiger partial charge in [-0.15, -0.1) is 0 Å². The lowest BCUT2D eigenvalue weighted by atomic mass is 10.1. The molecule has 0 atom stereocenters. The first-order chi connectivity index (χ1) is 11.1. The van der Waals surface area contributed by atoms with E-state index in [1.165, 1.54) is 6.92 Å². The fourth-order valence-corrected chi connectivity index (χ4v) is 2.15. The standard InChI is InChI=1S/C19H22O4/c1-4-21-19(22-5-2)15-9-11-17(12-10-15)23-18-8-6-7-16(13-18)14(3)20/h6-13,19H,4-5H2,1-3H3. The van der Waals surface area contributed by atoms with Crippen LogP contribution in [-0.4, -0.2) is 19.0 Å². The molecule has 0 N–H and O–H groups in total. The summed E-state index contributed by atoms with van der Waals surface area (Å²) >= 11 is 0. The van der Waals surface area contributed by atoms with Gasteiger partial charge in [-0.1, -0.05) is 24.3 Å². The van der Waals surface area contributed by atoms with E-state index in [4.69, 9.17) is 14.2 Å². The average Bonchev–Trinajstić information content (AvgIpc) is 2.56. The molecule has 0 spiro atoms. The molecule has 0 radical (unpaired) electrons. The summed E-state index contributed by atoms with van der Waals surface area (Å²) in [4.78, 5) is 11.4. The van der Waals surface area contributed by atoms with E-state index < -0.39 is 0 Å². The van der Waals surface area contributed by atoms with E-state index in [-0.39, 0.29) is 12.1 Å². The summed E-state index contributed by atoms with van der Waals surface area (Å²) in [5, 5.41) is 0. The second-order valence-electron chi connectivity index (χ2n) is 5.00. The van der Waals surface area contributed by atoms with Gasteiger partial charge < -0.3 is 14.2 Å². The highest BCUT2D eigenvalue weighted by Gasteiger charge is 2.11. The molecule has 0 saturated carbocycles. The van der Waals surface area contributed by atoms with Gasteiger partial charge in [-0.2, -0.15) is 0 Å². The van der Waals surface area contributed by atoms with Crippen LogP contribution in [0.15, 0.2) is 48.5 Å². The van der Waals surface area contributed by atoms with E-state index in [1.54, 1.807) is 18.2 Å². The Morgan fingerprint density at radius 3 is 2.17 bits per heavy atom. The average molecular weight is 314 g/mol. The third-order valence-electron chi connectivity index (χ3n) is 3.26. The number of carbonyl (C=O) groups excluding carboxylic acids is 1. The van der Waals surface area contributed by atoms with E-state index in [1.807, 2.05) is 44.2 Å². The third-order valence-corrected chi connectivity index (χ3v) is 3.26. The van der Waals surface area contributed by atoms with Crippen LogP contribution < -0.4 is 4.74 Å². The Morgan fingerprint density at radius 2 is 1.61 bits per heavy atom. The predicted molar refractivity (Wildman–Crippen MR) is 89.0 cm³/mol. The summed E-state index contributed by atoms with van der Waals surface area (Å²) in [5.41, 5.74) is 1.57. The molecule has 0 aliphatic carbocycles. The highest BCUT2D eigenvalue weighted by molar-refractivity contribution is 5.94. The zero-order valence-corrected chi connectivity index (χ0v) is 13.7. The topological polar surface area (TPSA) is 44.8 Å². The first-order valence-corrected chi connectivity index (χ1v) is 7.76. The van der Waals surface area contributed by atoms with Crippen LogP contribution >= 0.6 is 0 Å². The lowest BCUT2D eigenvalue weighted by molar-refractivity contribution is -0.140. The second kappa shape index (κ2) is 8.46. The van der Waals surface area contributed by atoms with Gasteiger partial charge in [0.1, 0.15) is 11.5 Å². The van der Waals surface area contributed by atoms with Crippen molar-refractivity contribution < 1.29 is 19.0 Å². The summed E-state index contributed by atoms with van der Waals surface area (Å²) < 4.78 is 16.9. The van der Waals surface area contributed by atoms with E-state index in [0.29, 0.717) is 30.3 Å². The van der Waals surface area contributed by atoms with Crippen LogP contribution in [0.25, 0.3) is 0 Å². The van der Waals surface area contributed by atoms with E-state index in [9.17, 15) is 4.79 Å². The molecule has 2 aromatic carbocycles. The number of benzene rings is 2. The Morgan fingerprint density at radius 1 is 0.957 bits per heavy atom. The van der Waals surface area contributed by atoms with Gasteiger partial charge in [-0.3, -0.25) is 4.79 Å². The number of carbonyl (C=O) groups is 1. The van der Waals surface area contributed by atoms with E-state index in [2.05, 4.69) is 0 Å². The monoisotopic (exact) mass is 314 g/mol. The predicted octanol–water partition coefficient (Wildman–Crippen LogP) is 4.75. The minimum absolute atomic E-state index is 0.0158. The maximum atomic E-state index is 11.4. The minimum Gasteiger partial charge on any atom is -0.457 e. The maximum absolute atomic E-state index is 11.4. The van der Waals surface area contributed by atoms with Crippen molar-refractivity contribution in [1.29, 1.82) is 0 Å². The number of rotatable bonds is 8. The van der Waals surface area contributed by atoms with Crippen molar-refractivity contribution in [3.8, 4) is 11.5 Å². The number of Topliss-reactive ketones (excluding diaryl/α,β-unsaturated/α-hetero) is 1. The summed E-state index contributed by atoms with van der Waals surface area (Å²) in [6.07, 6.45) is -0.361. The number of hydrogen-bond donors (Lipinski definition) is 0. The SMILES string of the molecule is CCOC(OCC)c1ccc(Oc2cccc(C(C)=O)c2)cc1. The Bertz CT molecular complexity index is 628. The van der Waals surface area contributed by atoms with Crippen molar-refractivity contribution in [3.05, 3.63) is 59.7 Å². The van der Waals surface area contributed by atoms with Gasteiger partial charge >= 0.3 is 0 Å². The van der Waals surface area contributed by atoms with Gasteiger partial charge in [0.2, 0.25) is 0 Å². The molecule has 0 fully saturated rings. The molecule has 23 heavy (non-hydrogen) atoms. The van der Waals surface area contributed by atoms with Crippen molar-refractivity contribution in [2.75, 3.05) is 13.2 Å². The molecule has 122 valence electrons. The Labute approximate surface area is 137 Å². The first-order valence-electron chi connectivity index (χ1n) is 7.76. The van der Waals surface area contributed by atoms with Crippen LogP contribution in [0.3, 0.4) is 0 Å². The molecule has 0 unspecified atom stereocenters. The van der Waals surface area contributed by atoms with Crippen LogP contribution in [0.1, 0.15) is 43.0 Å². The molecule has 0 saturated heterocycles. The van der Waals surface area contributed by atoms with Crippen LogP contribution in [0.2, 0.25) is 0 Å². The Kier molecular flexibility index (Phi) is 6.32. The lowest BCUT2D eigenvalue weighted by Crippen LogP contribution is -2.08. The number of ketones is 1. The first kappa shape index (κ1) is 17.2. The maximum Gasteiger partial charge on any atom is 0.183 e. The van der Waals surface area contributed by atoms with Crippen LogP contribution in [0.4, 0.5) is 0 Å². The van der Waals surface area contributed by atoms with Crippen LogP contribution in [-0.2, 0) is 9.47 Å². The minimum atomic E-state index is -0.361. The zero-order chi connectivity index (χ0) is 16.7. The van der Waals surface area contributed by atoms with Crippen molar-refractivity contribution in [3.63, 3.8) is 0 Å². The van der Waals surface area contributed by atoms with Crippen LogP contribution in [0.5, 0.6) is 11.5 Å². The summed E-state index contributed by atoms with van der Waals surface area (Å²) in [5.74, 6) is 1.35. The van der Waals surface area contributed by atoms with Gasteiger partial charge in [-0.25, -0.2) is 0 Å². The molecular weight excluding hydrogens is 292 g/mol. The Balaban J connectivity index is 2.10. The van der Waals surface area contributed by atoms with Crippen molar-refractivity contribution in [1.82, 2.24) is 0 Å². The largest absolute Gasteiger partial charge is 0.457 e. The highest BCUT2D eigenvalue weighted by atomic mass is 16.7. The summed E-state index contributed by atoms with van der Waals surface area (Å²) in [6, 6.07) is 14.7. The quantitative estimate of drug-likeness (QED) is 0.521.